The lowest BCUT2D eigenvalue weighted by Crippen LogP contribution is -3.28. The highest BCUT2D eigenvalue weighted by Crippen LogP contribution is 2.19. The Hall–Kier alpha value is -1.63. The van der Waals surface area contributed by atoms with E-state index in [0.717, 1.165) is 45.6 Å². The SMILES string of the molecule is CCCCNC(=O)C[NH+]1CC[NH+](CC(=O)Nc2ccccc2Cl)CC1. The molecule has 0 radical (unpaired) electrons. The van der Waals surface area contributed by atoms with Crippen LogP contribution in [0.5, 0.6) is 0 Å². The van der Waals surface area contributed by atoms with Crippen LogP contribution in [0.3, 0.4) is 0 Å². The molecule has 0 atom stereocenters. The van der Waals surface area contributed by atoms with Crippen molar-refractivity contribution >= 4 is 29.1 Å². The van der Waals surface area contributed by atoms with Crippen molar-refractivity contribution in [2.45, 2.75) is 19.8 Å². The molecule has 1 saturated heterocycles. The zero-order valence-corrected chi connectivity index (χ0v) is 15.6. The zero-order chi connectivity index (χ0) is 18.1. The van der Waals surface area contributed by atoms with Crippen molar-refractivity contribution < 1.29 is 19.4 Å². The number of unbranched alkanes of at least 4 members (excludes halogenated alkanes) is 1. The van der Waals surface area contributed by atoms with Crippen molar-refractivity contribution in [1.82, 2.24) is 5.32 Å². The highest BCUT2D eigenvalue weighted by molar-refractivity contribution is 6.33. The van der Waals surface area contributed by atoms with E-state index in [1.165, 1.54) is 9.80 Å². The summed E-state index contributed by atoms with van der Waals surface area (Å²) in [5.41, 5.74) is 0.654. The van der Waals surface area contributed by atoms with Crippen LogP contribution in [0.25, 0.3) is 0 Å². The number of hydrogen-bond acceptors (Lipinski definition) is 2. The Labute approximate surface area is 154 Å². The van der Waals surface area contributed by atoms with Gasteiger partial charge in [-0.3, -0.25) is 9.59 Å². The van der Waals surface area contributed by atoms with Gasteiger partial charge in [0.2, 0.25) is 0 Å². The molecule has 138 valence electrons. The molecule has 25 heavy (non-hydrogen) atoms. The monoisotopic (exact) mass is 368 g/mol. The maximum atomic E-state index is 12.2. The smallest absolute Gasteiger partial charge is 0.279 e. The van der Waals surface area contributed by atoms with Crippen molar-refractivity contribution in [1.29, 1.82) is 0 Å². The fourth-order valence-corrected chi connectivity index (χ4v) is 3.17. The van der Waals surface area contributed by atoms with Crippen molar-refractivity contribution in [3.63, 3.8) is 0 Å². The lowest BCUT2D eigenvalue weighted by molar-refractivity contribution is -1.00. The van der Waals surface area contributed by atoms with Gasteiger partial charge in [-0.25, -0.2) is 0 Å². The second kappa shape index (κ2) is 10.4. The van der Waals surface area contributed by atoms with E-state index in [9.17, 15) is 9.59 Å². The van der Waals surface area contributed by atoms with Gasteiger partial charge in [0.25, 0.3) is 11.8 Å². The molecule has 2 rings (SSSR count). The molecular weight excluding hydrogens is 340 g/mol. The lowest BCUT2D eigenvalue weighted by atomic mass is 10.3. The topological polar surface area (TPSA) is 67.1 Å². The van der Waals surface area contributed by atoms with E-state index in [1.54, 1.807) is 12.1 Å². The second-order valence-electron chi connectivity index (χ2n) is 6.59. The maximum absolute atomic E-state index is 12.2. The molecule has 0 aromatic heterocycles. The van der Waals surface area contributed by atoms with Crippen LogP contribution < -0.4 is 20.4 Å². The van der Waals surface area contributed by atoms with E-state index in [4.69, 9.17) is 11.6 Å². The van der Waals surface area contributed by atoms with Gasteiger partial charge in [0.15, 0.2) is 13.1 Å². The molecule has 1 fully saturated rings. The number of rotatable bonds is 8. The minimum Gasteiger partial charge on any atom is -0.351 e. The van der Waals surface area contributed by atoms with Gasteiger partial charge in [-0.05, 0) is 18.6 Å². The average Bonchev–Trinajstić information content (AvgIpc) is 2.59. The van der Waals surface area contributed by atoms with Crippen LogP contribution in [0, 0.1) is 0 Å². The summed E-state index contributed by atoms with van der Waals surface area (Å²) >= 11 is 6.06. The number of carbonyl (C=O) groups excluding carboxylic acids is 2. The molecular formula is C18H29ClN4O2+2. The molecule has 2 amide bonds. The molecule has 0 spiro atoms. The van der Waals surface area contributed by atoms with Crippen molar-refractivity contribution in [2.24, 2.45) is 0 Å². The van der Waals surface area contributed by atoms with Crippen LogP contribution in [0.15, 0.2) is 24.3 Å². The molecule has 1 aliphatic rings. The van der Waals surface area contributed by atoms with E-state index in [1.807, 2.05) is 12.1 Å². The predicted octanol–water partition coefficient (Wildman–Crippen LogP) is -1.02. The molecule has 0 unspecified atom stereocenters. The quantitative estimate of drug-likeness (QED) is 0.444. The standard InChI is InChI=1S/C18H27ClN4O2/c1-2-3-8-20-17(24)13-22-9-11-23(12-10-22)14-18(25)21-16-7-5-4-6-15(16)19/h4-7H,2-3,8-14H2,1H3,(H,20,24)(H,21,25)/p+2. The summed E-state index contributed by atoms with van der Waals surface area (Å²) in [6.45, 7) is 7.46. The van der Waals surface area contributed by atoms with Gasteiger partial charge < -0.3 is 20.4 Å². The van der Waals surface area contributed by atoms with Crippen molar-refractivity contribution in [3.05, 3.63) is 29.3 Å². The predicted molar refractivity (Wildman–Crippen MR) is 99.1 cm³/mol. The van der Waals surface area contributed by atoms with Crippen LogP contribution in [0.4, 0.5) is 5.69 Å². The molecule has 1 aromatic rings. The van der Waals surface area contributed by atoms with E-state index in [2.05, 4.69) is 17.6 Å². The van der Waals surface area contributed by atoms with Crippen LogP contribution in [-0.2, 0) is 9.59 Å². The third-order valence-electron chi connectivity index (χ3n) is 4.49. The number of carbonyl (C=O) groups is 2. The average molecular weight is 369 g/mol. The molecule has 4 N–H and O–H groups in total. The highest BCUT2D eigenvalue weighted by atomic mass is 35.5. The first-order valence-electron chi connectivity index (χ1n) is 9.06. The van der Waals surface area contributed by atoms with Crippen LogP contribution in [0.1, 0.15) is 19.8 Å². The third-order valence-corrected chi connectivity index (χ3v) is 4.82. The first kappa shape index (κ1) is 19.7. The number of amides is 2. The van der Waals surface area contributed by atoms with Crippen LogP contribution in [-0.4, -0.2) is 57.6 Å². The second-order valence-corrected chi connectivity index (χ2v) is 6.99. The summed E-state index contributed by atoms with van der Waals surface area (Å²) in [5, 5.41) is 6.38. The number of quaternary nitrogens is 2. The summed E-state index contributed by atoms with van der Waals surface area (Å²) in [6.07, 6.45) is 2.12. The molecule has 0 saturated carbocycles. The number of nitrogens with one attached hydrogen (secondary N) is 4. The summed E-state index contributed by atoms with van der Waals surface area (Å²) in [4.78, 5) is 26.6. The number of benzene rings is 1. The first-order valence-corrected chi connectivity index (χ1v) is 9.44. The minimum atomic E-state index is -0.0242. The number of halogens is 1. The Bertz CT molecular complexity index is 574. The van der Waals surface area contributed by atoms with Gasteiger partial charge in [-0.1, -0.05) is 37.1 Å². The fourth-order valence-electron chi connectivity index (χ4n) is 2.99. The van der Waals surface area contributed by atoms with Crippen molar-refractivity contribution in [2.75, 3.05) is 51.1 Å². The molecule has 0 aliphatic carbocycles. The molecule has 1 aliphatic heterocycles. The number of hydrogen-bond donors (Lipinski definition) is 4. The van der Waals surface area contributed by atoms with E-state index in [0.29, 0.717) is 23.8 Å². The third kappa shape index (κ3) is 7.02. The normalized spacial score (nSPS) is 20.1. The maximum Gasteiger partial charge on any atom is 0.279 e. The molecule has 0 bridgehead atoms. The van der Waals surface area contributed by atoms with Crippen molar-refractivity contribution in [3.8, 4) is 0 Å². The fraction of sp³-hybridized carbons (Fsp3) is 0.556. The number of para-hydroxylation sites is 1. The van der Waals surface area contributed by atoms with Crippen LogP contribution >= 0.6 is 11.6 Å². The summed E-state index contributed by atoms with van der Waals surface area (Å²) in [7, 11) is 0. The Morgan fingerprint density at radius 3 is 2.24 bits per heavy atom. The van der Waals surface area contributed by atoms with Gasteiger partial charge in [-0.2, -0.15) is 0 Å². The number of piperazine rings is 1. The van der Waals surface area contributed by atoms with Gasteiger partial charge >= 0.3 is 0 Å². The lowest BCUT2D eigenvalue weighted by Gasteiger charge is -2.29. The summed E-state index contributed by atoms with van der Waals surface area (Å²) < 4.78 is 0. The summed E-state index contributed by atoms with van der Waals surface area (Å²) in [6, 6.07) is 7.25. The van der Waals surface area contributed by atoms with Gasteiger partial charge in [0.05, 0.1) is 10.7 Å². The Morgan fingerprint density at radius 1 is 1.04 bits per heavy atom. The van der Waals surface area contributed by atoms with Gasteiger partial charge in [0, 0.05) is 6.54 Å². The number of anilines is 1. The largest absolute Gasteiger partial charge is 0.351 e. The Kier molecular flexibility index (Phi) is 8.18. The molecule has 1 aromatic carbocycles. The highest BCUT2D eigenvalue weighted by Gasteiger charge is 2.26. The zero-order valence-electron chi connectivity index (χ0n) is 14.9. The van der Waals surface area contributed by atoms with Gasteiger partial charge in [0.1, 0.15) is 26.2 Å². The van der Waals surface area contributed by atoms with E-state index in [-0.39, 0.29) is 11.8 Å². The Morgan fingerprint density at radius 2 is 1.64 bits per heavy atom. The first-order chi connectivity index (χ1) is 12.1. The van der Waals surface area contributed by atoms with E-state index >= 15 is 0 Å². The molecule has 7 heteroatoms. The van der Waals surface area contributed by atoms with E-state index < -0.39 is 0 Å². The molecule has 6 nitrogen and oxygen atoms in total. The minimum absolute atomic E-state index is 0.0242. The Balaban J connectivity index is 1.67. The summed E-state index contributed by atoms with van der Waals surface area (Å²) in [5.74, 6) is 0.104. The van der Waals surface area contributed by atoms with Crippen LogP contribution in [0.2, 0.25) is 5.02 Å². The van der Waals surface area contributed by atoms with Gasteiger partial charge in [-0.15, -0.1) is 0 Å². The molecule has 1 heterocycles.